The summed E-state index contributed by atoms with van der Waals surface area (Å²) in [6, 6.07) is -0.545. The molecule has 0 aliphatic heterocycles. The first-order valence-corrected chi connectivity index (χ1v) is 7.63. The number of aromatic nitrogens is 5. The first-order valence-electron chi connectivity index (χ1n) is 6.14. The van der Waals surface area contributed by atoms with E-state index in [1.165, 1.54) is 17.2 Å². The molecule has 0 radical (unpaired) electrons. The lowest BCUT2D eigenvalue weighted by molar-refractivity contribution is 0.559. The van der Waals surface area contributed by atoms with E-state index in [4.69, 9.17) is 5.73 Å². The molecule has 0 fully saturated rings. The predicted molar refractivity (Wildman–Crippen MR) is 72.0 cm³/mol. The Kier molecular flexibility index (Phi) is 4.04. The van der Waals surface area contributed by atoms with Crippen LogP contribution in [0.5, 0.6) is 0 Å². The molecule has 0 aliphatic rings. The normalized spacial score (nSPS) is 13.5. The first kappa shape index (κ1) is 14.5. The van der Waals surface area contributed by atoms with Gasteiger partial charge in [0.05, 0.1) is 6.04 Å². The fourth-order valence-electron chi connectivity index (χ4n) is 1.74. The number of anilines is 1. The van der Waals surface area contributed by atoms with Crippen molar-refractivity contribution in [2.75, 3.05) is 5.73 Å². The van der Waals surface area contributed by atoms with Crippen molar-refractivity contribution in [3.8, 4) is 0 Å². The van der Waals surface area contributed by atoms with Gasteiger partial charge < -0.3 is 5.73 Å². The molecule has 0 saturated heterocycles. The zero-order valence-electron chi connectivity index (χ0n) is 11.2. The number of nitrogens with two attached hydrogens (primary N) is 1. The molecule has 0 amide bonds. The van der Waals surface area contributed by atoms with Gasteiger partial charge in [0.2, 0.25) is 10.0 Å². The van der Waals surface area contributed by atoms with E-state index in [-0.39, 0.29) is 10.7 Å². The van der Waals surface area contributed by atoms with Crippen molar-refractivity contribution in [2.45, 2.75) is 37.8 Å². The van der Waals surface area contributed by atoms with Crippen molar-refractivity contribution < 1.29 is 8.42 Å². The largest absolute Gasteiger partial charge is 0.381 e. The number of hydrogen-bond donors (Lipinski definition) is 3. The molecule has 2 rings (SSSR count). The van der Waals surface area contributed by atoms with Gasteiger partial charge in [-0.05, 0) is 13.3 Å². The average molecular weight is 299 g/mol. The van der Waals surface area contributed by atoms with Crippen LogP contribution in [0.1, 0.15) is 32.1 Å². The molecule has 0 spiro atoms. The van der Waals surface area contributed by atoms with Gasteiger partial charge in [-0.15, -0.1) is 0 Å². The highest BCUT2D eigenvalue weighted by molar-refractivity contribution is 7.89. The number of hydrogen-bond acceptors (Lipinski definition) is 6. The van der Waals surface area contributed by atoms with E-state index >= 15 is 0 Å². The predicted octanol–water partition coefficient (Wildman–Crippen LogP) is 0.0329. The quantitative estimate of drug-likeness (QED) is 0.689. The van der Waals surface area contributed by atoms with Crippen LogP contribution in [0.4, 0.5) is 5.82 Å². The third-order valence-electron chi connectivity index (χ3n) is 2.67. The Morgan fingerprint density at radius 2 is 2.30 bits per heavy atom. The molecule has 2 heterocycles. The molecule has 2 aromatic rings. The van der Waals surface area contributed by atoms with Crippen molar-refractivity contribution in [1.82, 2.24) is 29.7 Å². The molecule has 110 valence electrons. The number of H-pyrrole nitrogens is 1. The monoisotopic (exact) mass is 299 g/mol. The third kappa shape index (κ3) is 2.96. The average Bonchev–Trinajstić information content (AvgIpc) is 2.98. The minimum absolute atomic E-state index is 0.0179. The molecule has 10 heteroatoms. The van der Waals surface area contributed by atoms with E-state index in [2.05, 4.69) is 25.0 Å². The van der Waals surface area contributed by atoms with Crippen LogP contribution in [0.25, 0.3) is 0 Å². The summed E-state index contributed by atoms with van der Waals surface area (Å²) in [7, 11) is -3.76. The van der Waals surface area contributed by atoms with Crippen LogP contribution in [0, 0.1) is 0 Å². The number of rotatable bonds is 6. The summed E-state index contributed by atoms with van der Waals surface area (Å²) >= 11 is 0. The lowest BCUT2D eigenvalue weighted by Crippen LogP contribution is -2.28. The second kappa shape index (κ2) is 5.59. The SMILES string of the molecule is CCCn1cc(S(=O)(=O)NC(C)c2ncn[nH]2)c(N)n1. The van der Waals surface area contributed by atoms with Crippen LogP contribution in [-0.4, -0.2) is 33.4 Å². The minimum atomic E-state index is -3.76. The van der Waals surface area contributed by atoms with Gasteiger partial charge in [0.15, 0.2) is 5.82 Å². The molecule has 1 atom stereocenters. The Bertz CT molecular complexity index is 662. The number of aromatic amines is 1. The second-order valence-electron chi connectivity index (χ2n) is 4.36. The summed E-state index contributed by atoms with van der Waals surface area (Å²) in [5.74, 6) is 0.406. The summed E-state index contributed by atoms with van der Waals surface area (Å²) in [5, 5.41) is 10.3. The Morgan fingerprint density at radius 1 is 1.55 bits per heavy atom. The molecule has 20 heavy (non-hydrogen) atoms. The number of sulfonamides is 1. The zero-order valence-corrected chi connectivity index (χ0v) is 12.1. The molecule has 0 bridgehead atoms. The maximum atomic E-state index is 12.3. The smallest absolute Gasteiger partial charge is 0.246 e. The van der Waals surface area contributed by atoms with Crippen molar-refractivity contribution in [3.05, 3.63) is 18.3 Å². The Morgan fingerprint density at radius 3 is 2.90 bits per heavy atom. The van der Waals surface area contributed by atoms with Gasteiger partial charge in [-0.25, -0.2) is 18.1 Å². The maximum absolute atomic E-state index is 12.3. The summed E-state index contributed by atoms with van der Waals surface area (Å²) in [6.45, 7) is 4.23. The van der Waals surface area contributed by atoms with Crippen molar-refractivity contribution >= 4 is 15.8 Å². The summed E-state index contributed by atoms with van der Waals surface area (Å²) < 4.78 is 28.5. The topological polar surface area (TPSA) is 132 Å². The number of aryl methyl sites for hydroxylation is 1. The molecule has 0 aliphatic carbocycles. The van der Waals surface area contributed by atoms with Crippen LogP contribution in [-0.2, 0) is 16.6 Å². The van der Waals surface area contributed by atoms with E-state index in [1.54, 1.807) is 6.92 Å². The highest BCUT2D eigenvalue weighted by atomic mass is 32.2. The molecule has 1 unspecified atom stereocenters. The summed E-state index contributed by atoms with van der Waals surface area (Å²) in [5.41, 5.74) is 5.67. The first-order chi connectivity index (χ1) is 9.44. The van der Waals surface area contributed by atoms with Crippen LogP contribution < -0.4 is 10.5 Å². The number of nitrogen functional groups attached to an aromatic ring is 1. The lowest BCUT2D eigenvalue weighted by atomic mass is 10.3. The number of nitrogens with one attached hydrogen (secondary N) is 2. The zero-order chi connectivity index (χ0) is 14.8. The van der Waals surface area contributed by atoms with E-state index in [9.17, 15) is 8.42 Å². The van der Waals surface area contributed by atoms with Crippen LogP contribution >= 0.6 is 0 Å². The molecule has 2 aromatic heterocycles. The standard InChI is InChI=1S/C10H17N7O2S/c1-3-4-17-5-8(9(11)15-17)20(18,19)16-7(2)10-12-6-13-14-10/h5-7,16H,3-4H2,1-2H3,(H2,11,15)(H,12,13,14). The molecular weight excluding hydrogens is 282 g/mol. The van der Waals surface area contributed by atoms with Gasteiger partial charge in [-0.3, -0.25) is 9.78 Å². The highest BCUT2D eigenvalue weighted by Gasteiger charge is 2.24. The number of nitrogens with zero attached hydrogens (tertiary/aromatic N) is 4. The van der Waals surface area contributed by atoms with Gasteiger partial charge in [-0.2, -0.15) is 10.2 Å². The Labute approximate surface area is 116 Å². The van der Waals surface area contributed by atoms with Crippen molar-refractivity contribution in [2.24, 2.45) is 0 Å². The molecule has 4 N–H and O–H groups in total. The Hall–Kier alpha value is -1.94. The molecule has 0 saturated carbocycles. The maximum Gasteiger partial charge on any atom is 0.246 e. The van der Waals surface area contributed by atoms with Crippen LogP contribution in [0.2, 0.25) is 0 Å². The molecule has 0 aromatic carbocycles. The van der Waals surface area contributed by atoms with Crippen molar-refractivity contribution in [3.63, 3.8) is 0 Å². The van der Waals surface area contributed by atoms with E-state index < -0.39 is 16.1 Å². The van der Waals surface area contributed by atoms with Crippen LogP contribution in [0.3, 0.4) is 0 Å². The summed E-state index contributed by atoms with van der Waals surface area (Å²) in [4.78, 5) is 3.88. The highest BCUT2D eigenvalue weighted by Crippen LogP contribution is 2.19. The molecule has 9 nitrogen and oxygen atoms in total. The molecular formula is C10H17N7O2S. The van der Waals surface area contributed by atoms with E-state index in [1.807, 2.05) is 6.92 Å². The van der Waals surface area contributed by atoms with Gasteiger partial charge in [0.25, 0.3) is 0 Å². The van der Waals surface area contributed by atoms with Gasteiger partial charge in [0, 0.05) is 12.7 Å². The van der Waals surface area contributed by atoms with Crippen LogP contribution in [0.15, 0.2) is 17.4 Å². The third-order valence-corrected chi connectivity index (χ3v) is 4.23. The Balaban J connectivity index is 2.22. The fourth-order valence-corrected chi connectivity index (χ4v) is 3.02. The lowest BCUT2D eigenvalue weighted by Gasteiger charge is -2.10. The van der Waals surface area contributed by atoms with Gasteiger partial charge in [-0.1, -0.05) is 6.92 Å². The summed E-state index contributed by atoms with van der Waals surface area (Å²) in [6.07, 6.45) is 3.57. The van der Waals surface area contributed by atoms with Gasteiger partial charge in [0.1, 0.15) is 17.0 Å². The van der Waals surface area contributed by atoms with Crippen molar-refractivity contribution in [1.29, 1.82) is 0 Å². The van der Waals surface area contributed by atoms with Gasteiger partial charge >= 0.3 is 0 Å². The van der Waals surface area contributed by atoms with E-state index in [0.29, 0.717) is 12.4 Å². The van der Waals surface area contributed by atoms with E-state index in [0.717, 1.165) is 6.42 Å². The second-order valence-corrected chi connectivity index (χ2v) is 6.04. The minimum Gasteiger partial charge on any atom is -0.381 e. The fraction of sp³-hybridized carbons (Fsp3) is 0.500.